The summed E-state index contributed by atoms with van der Waals surface area (Å²) in [4.78, 5) is 14.5. The maximum absolute atomic E-state index is 11.9. The lowest BCUT2D eigenvalue weighted by molar-refractivity contribution is 0.0697. The second-order valence-electron chi connectivity index (χ2n) is 4.25. The lowest BCUT2D eigenvalue weighted by Gasteiger charge is -2.06. The molecular formula is C12H13N3O5S. The number of rotatable bonds is 7. The molecule has 9 heteroatoms. The molecule has 0 aliphatic carbocycles. The Bertz CT molecular complexity index is 695. The van der Waals surface area contributed by atoms with E-state index in [1.807, 2.05) is 0 Å². The average molecular weight is 311 g/mol. The normalized spacial score (nSPS) is 11.4. The molecule has 0 saturated carbocycles. The lowest BCUT2D eigenvalue weighted by Crippen LogP contribution is -2.27. The Morgan fingerprint density at radius 2 is 2.00 bits per heavy atom. The van der Waals surface area contributed by atoms with E-state index in [9.17, 15) is 13.2 Å². The molecule has 0 unspecified atom stereocenters. The van der Waals surface area contributed by atoms with Crippen LogP contribution in [0.15, 0.2) is 35.2 Å². The van der Waals surface area contributed by atoms with E-state index in [2.05, 4.69) is 19.4 Å². The summed E-state index contributed by atoms with van der Waals surface area (Å²) in [6, 6.07) is 5.68. The molecule has 1 aromatic heterocycles. The van der Waals surface area contributed by atoms with Crippen molar-refractivity contribution in [1.29, 1.82) is 0 Å². The summed E-state index contributed by atoms with van der Waals surface area (Å²) in [5.74, 6) is -0.856. The Morgan fingerprint density at radius 1 is 1.29 bits per heavy atom. The van der Waals surface area contributed by atoms with Gasteiger partial charge in [0.05, 0.1) is 11.3 Å². The monoisotopic (exact) mass is 311 g/mol. The zero-order valence-electron chi connectivity index (χ0n) is 10.9. The zero-order valence-corrected chi connectivity index (χ0v) is 11.7. The number of hydrogen-bond donors (Lipinski definition) is 2. The van der Waals surface area contributed by atoms with Crippen molar-refractivity contribution in [2.45, 2.75) is 12.2 Å². The van der Waals surface area contributed by atoms with Crippen LogP contribution in [0.25, 0.3) is 0 Å². The first-order valence-electron chi connectivity index (χ1n) is 6.01. The zero-order chi connectivity index (χ0) is 15.3. The number of carbonyl (C=O) groups is 1. The molecule has 0 fully saturated rings. The first-order chi connectivity index (χ1) is 9.96. The summed E-state index contributed by atoms with van der Waals surface area (Å²) in [7, 11) is -3.50. The van der Waals surface area contributed by atoms with Gasteiger partial charge in [0, 0.05) is 13.0 Å². The second kappa shape index (κ2) is 6.46. The van der Waals surface area contributed by atoms with E-state index < -0.39 is 16.0 Å². The molecule has 0 radical (unpaired) electrons. The maximum atomic E-state index is 11.9. The highest BCUT2D eigenvalue weighted by Crippen LogP contribution is 2.08. The first kappa shape index (κ1) is 15.1. The summed E-state index contributed by atoms with van der Waals surface area (Å²) >= 11 is 0. The fourth-order valence-corrected chi connectivity index (χ4v) is 2.78. The molecule has 0 aliphatic heterocycles. The fourth-order valence-electron chi connectivity index (χ4n) is 1.63. The van der Waals surface area contributed by atoms with E-state index in [-0.39, 0.29) is 17.9 Å². The van der Waals surface area contributed by atoms with E-state index in [4.69, 9.17) is 5.11 Å². The van der Waals surface area contributed by atoms with Crippen molar-refractivity contribution >= 4 is 16.0 Å². The van der Waals surface area contributed by atoms with Crippen molar-refractivity contribution in [1.82, 2.24) is 14.9 Å². The molecule has 0 bridgehead atoms. The van der Waals surface area contributed by atoms with Gasteiger partial charge in [-0.1, -0.05) is 17.3 Å². The second-order valence-corrected chi connectivity index (χ2v) is 6.06. The van der Waals surface area contributed by atoms with Crippen LogP contribution in [0, 0.1) is 0 Å². The number of hydrogen-bond acceptors (Lipinski definition) is 6. The average Bonchev–Trinajstić information content (AvgIpc) is 2.91. The minimum absolute atomic E-state index is 0.112. The third-order valence-corrected chi connectivity index (χ3v) is 3.99. The SMILES string of the molecule is O=C(O)c1ccc(CS(=O)(=O)NCCc2ncon2)cc1. The van der Waals surface area contributed by atoms with E-state index in [0.29, 0.717) is 17.8 Å². The van der Waals surface area contributed by atoms with Crippen molar-refractivity contribution in [3.8, 4) is 0 Å². The summed E-state index contributed by atoms with van der Waals surface area (Å²) < 4.78 is 30.7. The number of benzene rings is 1. The smallest absolute Gasteiger partial charge is 0.335 e. The molecule has 2 rings (SSSR count). The number of carboxylic acid groups (broad SMARTS) is 1. The molecule has 8 nitrogen and oxygen atoms in total. The largest absolute Gasteiger partial charge is 0.478 e. The number of carboxylic acids is 1. The molecule has 21 heavy (non-hydrogen) atoms. The molecule has 0 amide bonds. The van der Waals surface area contributed by atoms with E-state index in [1.54, 1.807) is 0 Å². The van der Waals surface area contributed by atoms with Crippen LogP contribution in [0.1, 0.15) is 21.7 Å². The van der Waals surface area contributed by atoms with Crippen molar-refractivity contribution in [3.63, 3.8) is 0 Å². The minimum atomic E-state index is -3.50. The standard InChI is InChI=1S/C12H13N3O5S/c16-12(17)10-3-1-9(2-4-10)7-21(18,19)14-6-5-11-13-8-20-15-11/h1-4,8,14H,5-7H2,(H,16,17). The quantitative estimate of drug-likeness (QED) is 0.760. The Labute approximate surface area is 120 Å². The van der Waals surface area contributed by atoms with Gasteiger partial charge in [0.25, 0.3) is 0 Å². The Hall–Kier alpha value is -2.26. The van der Waals surface area contributed by atoms with Gasteiger partial charge in [-0.3, -0.25) is 0 Å². The number of nitrogens with one attached hydrogen (secondary N) is 1. The van der Waals surface area contributed by atoms with Crippen LogP contribution in [0.2, 0.25) is 0 Å². The van der Waals surface area contributed by atoms with Crippen LogP contribution >= 0.6 is 0 Å². The van der Waals surface area contributed by atoms with Crippen molar-refractivity contribution in [2.75, 3.05) is 6.54 Å². The number of sulfonamides is 1. The van der Waals surface area contributed by atoms with Crippen LogP contribution in [0.3, 0.4) is 0 Å². The van der Waals surface area contributed by atoms with Crippen LogP contribution < -0.4 is 4.72 Å². The number of aromatic nitrogens is 2. The van der Waals surface area contributed by atoms with Gasteiger partial charge in [0.1, 0.15) is 0 Å². The number of aromatic carboxylic acids is 1. The molecular weight excluding hydrogens is 298 g/mol. The predicted octanol–water partition coefficient (Wildman–Crippen LogP) is 0.430. The molecule has 1 aromatic carbocycles. The molecule has 0 spiro atoms. The summed E-state index contributed by atoms with van der Waals surface area (Å²) in [6.07, 6.45) is 1.50. The van der Waals surface area contributed by atoms with Gasteiger partial charge in [-0.15, -0.1) is 0 Å². The highest BCUT2D eigenvalue weighted by molar-refractivity contribution is 7.88. The lowest BCUT2D eigenvalue weighted by atomic mass is 10.1. The van der Waals surface area contributed by atoms with Gasteiger partial charge < -0.3 is 9.63 Å². The third-order valence-electron chi connectivity index (χ3n) is 2.64. The van der Waals surface area contributed by atoms with Gasteiger partial charge in [0.15, 0.2) is 5.82 Å². The predicted molar refractivity (Wildman–Crippen MR) is 72.0 cm³/mol. The van der Waals surface area contributed by atoms with Gasteiger partial charge in [-0.05, 0) is 17.7 Å². The van der Waals surface area contributed by atoms with Crippen molar-refractivity contribution in [2.24, 2.45) is 0 Å². The molecule has 2 N–H and O–H groups in total. The molecule has 0 saturated heterocycles. The molecule has 0 aliphatic rings. The summed E-state index contributed by atoms with van der Waals surface area (Å²) in [5.41, 5.74) is 0.619. The molecule has 112 valence electrons. The minimum Gasteiger partial charge on any atom is -0.478 e. The highest BCUT2D eigenvalue weighted by atomic mass is 32.2. The molecule has 0 atom stereocenters. The van der Waals surface area contributed by atoms with Crippen molar-refractivity contribution in [3.05, 3.63) is 47.6 Å². The van der Waals surface area contributed by atoms with Gasteiger partial charge in [0.2, 0.25) is 16.4 Å². The summed E-state index contributed by atoms with van der Waals surface area (Å²) in [5, 5.41) is 12.3. The fraction of sp³-hybridized carbons (Fsp3) is 0.250. The van der Waals surface area contributed by atoms with Crippen LogP contribution in [0.5, 0.6) is 0 Å². The summed E-state index contributed by atoms with van der Waals surface area (Å²) in [6.45, 7) is 0.162. The van der Waals surface area contributed by atoms with Crippen LogP contribution in [-0.2, 0) is 22.2 Å². The van der Waals surface area contributed by atoms with Crippen molar-refractivity contribution < 1.29 is 22.8 Å². The third kappa shape index (κ3) is 4.65. The van der Waals surface area contributed by atoms with Gasteiger partial charge >= 0.3 is 5.97 Å². The van der Waals surface area contributed by atoms with Crippen LogP contribution in [0.4, 0.5) is 0 Å². The Balaban J connectivity index is 1.89. The first-order valence-corrected chi connectivity index (χ1v) is 7.66. The van der Waals surface area contributed by atoms with Gasteiger partial charge in [-0.25, -0.2) is 17.9 Å². The Kier molecular flexibility index (Phi) is 4.66. The van der Waals surface area contributed by atoms with Crippen LogP contribution in [-0.4, -0.2) is 36.2 Å². The maximum Gasteiger partial charge on any atom is 0.335 e. The highest BCUT2D eigenvalue weighted by Gasteiger charge is 2.12. The van der Waals surface area contributed by atoms with E-state index >= 15 is 0 Å². The Morgan fingerprint density at radius 3 is 2.57 bits per heavy atom. The molecule has 2 aromatic rings. The molecule has 1 heterocycles. The number of nitrogens with zero attached hydrogens (tertiary/aromatic N) is 2. The van der Waals surface area contributed by atoms with Gasteiger partial charge in [-0.2, -0.15) is 4.98 Å². The topological polar surface area (TPSA) is 122 Å². The van der Waals surface area contributed by atoms with E-state index in [1.165, 1.54) is 30.7 Å². The van der Waals surface area contributed by atoms with E-state index in [0.717, 1.165) is 0 Å².